The smallest absolute Gasteiger partial charge is 0.337 e. The molecule has 0 amide bonds. The quantitative estimate of drug-likeness (QED) is 0.490. The highest BCUT2D eigenvalue weighted by Crippen LogP contribution is 2.19. The van der Waals surface area contributed by atoms with Gasteiger partial charge in [0.1, 0.15) is 6.42 Å². The summed E-state index contributed by atoms with van der Waals surface area (Å²) in [6, 6.07) is 3.16. The van der Waals surface area contributed by atoms with Crippen LogP contribution in [0.15, 0.2) is 12.1 Å². The van der Waals surface area contributed by atoms with Crippen molar-refractivity contribution >= 4 is 17.6 Å². The number of carboxylic acid groups (broad SMARTS) is 1. The van der Waals surface area contributed by atoms with Crippen molar-refractivity contribution in [3.63, 3.8) is 0 Å². The summed E-state index contributed by atoms with van der Waals surface area (Å²) in [5.74, 6) is 3.80. The summed E-state index contributed by atoms with van der Waals surface area (Å²) in [5, 5.41) is 9.00. The Kier molecular flexibility index (Phi) is 4.95. The van der Waals surface area contributed by atoms with E-state index >= 15 is 0 Å². The van der Waals surface area contributed by atoms with Gasteiger partial charge in [-0.25, -0.2) is 4.79 Å². The van der Waals surface area contributed by atoms with Gasteiger partial charge in [0, 0.05) is 5.56 Å². The zero-order valence-corrected chi connectivity index (χ0v) is 10.8. The Labute approximate surface area is 111 Å². The first-order valence-corrected chi connectivity index (χ1v) is 5.73. The topological polar surface area (TPSA) is 89.6 Å². The van der Waals surface area contributed by atoms with Crippen LogP contribution in [-0.4, -0.2) is 23.7 Å². The van der Waals surface area contributed by atoms with Crippen molar-refractivity contribution in [1.29, 1.82) is 0 Å². The number of anilines is 1. The van der Waals surface area contributed by atoms with Gasteiger partial charge in [-0.15, -0.1) is 0 Å². The Balaban J connectivity index is 2.99. The van der Waals surface area contributed by atoms with Crippen LogP contribution in [0.1, 0.15) is 34.8 Å². The van der Waals surface area contributed by atoms with E-state index in [0.29, 0.717) is 12.2 Å². The van der Waals surface area contributed by atoms with Gasteiger partial charge in [0.2, 0.25) is 0 Å². The summed E-state index contributed by atoms with van der Waals surface area (Å²) < 4.78 is 4.73. The van der Waals surface area contributed by atoms with Crippen molar-refractivity contribution in [3.8, 4) is 11.8 Å². The van der Waals surface area contributed by atoms with Crippen LogP contribution in [-0.2, 0) is 9.53 Å². The van der Waals surface area contributed by atoms with Crippen molar-refractivity contribution in [3.05, 3.63) is 28.8 Å². The van der Waals surface area contributed by atoms with E-state index in [1.165, 1.54) is 6.07 Å². The van der Waals surface area contributed by atoms with Gasteiger partial charge >= 0.3 is 11.9 Å². The number of carbonyl (C=O) groups excluding carboxylic acids is 1. The van der Waals surface area contributed by atoms with Crippen molar-refractivity contribution in [2.75, 3.05) is 12.3 Å². The molecule has 100 valence electrons. The van der Waals surface area contributed by atoms with Gasteiger partial charge in [0.25, 0.3) is 0 Å². The molecule has 0 aliphatic carbocycles. The van der Waals surface area contributed by atoms with E-state index in [1.54, 1.807) is 19.9 Å². The molecule has 0 saturated carbocycles. The lowest BCUT2D eigenvalue weighted by molar-refractivity contribution is -0.141. The second-order valence-corrected chi connectivity index (χ2v) is 3.86. The van der Waals surface area contributed by atoms with Crippen LogP contribution >= 0.6 is 0 Å². The molecule has 19 heavy (non-hydrogen) atoms. The van der Waals surface area contributed by atoms with E-state index in [9.17, 15) is 9.59 Å². The maximum Gasteiger partial charge on any atom is 0.337 e. The highest BCUT2D eigenvalue weighted by molar-refractivity contribution is 5.95. The van der Waals surface area contributed by atoms with Gasteiger partial charge in [0.05, 0.1) is 17.9 Å². The molecule has 0 spiro atoms. The van der Waals surface area contributed by atoms with Gasteiger partial charge < -0.3 is 15.6 Å². The normalized spacial score (nSPS) is 9.37. The number of aryl methyl sites for hydroxylation is 1. The number of carboxylic acids is 1. The van der Waals surface area contributed by atoms with Crippen LogP contribution in [0, 0.1) is 18.8 Å². The van der Waals surface area contributed by atoms with Crippen LogP contribution in [0.25, 0.3) is 0 Å². The maximum absolute atomic E-state index is 11.1. The third-order valence-electron chi connectivity index (χ3n) is 2.32. The van der Waals surface area contributed by atoms with E-state index < -0.39 is 11.9 Å². The second-order valence-electron chi connectivity index (χ2n) is 3.86. The molecular weight excluding hydrogens is 246 g/mol. The highest BCUT2D eigenvalue weighted by atomic mass is 16.5. The molecule has 0 aliphatic rings. The molecule has 0 bridgehead atoms. The van der Waals surface area contributed by atoms with Crippen molar-refractivity contribution in [2.24, 2.45) is 0 Å². The summed E-state index contributed by atoms with van der Waals surface area (Å²) in [6.45, 7) is 3.77. The van der Waals surface area contributed by atoms with Gasteiger partial charge in [-0.3, -0.25) is 4.79 Å². The van der Waals surface area contributed by atoms with Gasteiger partial charge in [-0.2, -0.15) is 0 Å². The fraction of sp³-hybridized carbons (Fsp3) is 0.286. The number of rotatable bonds is 3. The summed E-state index contributed by atoms with van der Waals surface area (Å²) >= 11 is 0. The number of nitrogen functional groups attached to an aromatic ring is 1. The van der Waals surface area contributed by atoms with E-state index in [-0.39, 0.29) is 17.7 Å². The molecule has 1 rings (SSSR count). The van der Waals surface area contributed by atoms with Gasteiger partial charge in [-0.05, 0) is 31.5 Å². The molecular formula is C14H15NO4. The molecule has 0 unspecified atom stereocenters. The number of esters is 1. The summed E-state index contributed by atoms with van der Waals surface area (Å²) in [5.41, 5.74) is 7.00. The van der Waals surface area contributed by atoms with Crippen molar-refractivity contribution < 1.29 is 19.4 Å². The molecule has 0 heterocycles. The first-order chi connectivity index (χ1) is 8.95. The minimum atomic E-state index is -1.10. The Bertz CT molecular complexity index is 567. The van der Waals surface area contributed by atoms with Crippen molar-refractivity contribution in [1.82, 2.24) is 0 Å². The first-order valence-electron chi connectivity index (χ1n) is 5.73. The molecule has 0 aliphatic heterocycles. The minimum Gasteiger partial charge on any atom is -0.478 e. The lowest BCUT2D eigenvalue weighted by atomic mass is 10.0. The molecule has 5 heteroatoms. The van der Waals surface area contributed by atoms with Gasteiger partial charge in [0.15, 0.2) is 0 Å². The van der Waals surface area contributed by atoms with E-state index in [4.69, 9.17) is 15.6 Å². The second kappa shape index (κ2) is 6.45. The van der Waals surface area contributed by atoms with E-state index in [1.807, 2.05) is 0 Å². The van der Waals surface area contributed by atoms with Crippen LogP contribution in [0.3, 0.4) is 0 Å². The fourth-order valence-electron chi connectivity index (χ4n) is 1.50. The molecule has 3 N–H and O–H groups in total. The number of benzene rings is 1. The molecule has 0 atom stereocenters. The van der Waals surface area contributed by atoms with Crippen LogP contribution in [0.5, 0.6) is 0 Å². The van der Waals surface area contributed by atoms with E-state index in [0.717, 1.165) is 5.56 Å². The standard InChI is InChI=1S/C14H15NO4/c1-3-19-12(16)6-4-5-10-7-9(2)8-11(13(10)15)14(17)18/h7-8H,3,6,15H2,1-2H3,(H,17,18). The van der Waals surface area contributed by atoms with Crippen LogP contribution in [0.4, 0.5) is 5.69 Å². The van der Waals surface area contributed by atoms with Gasteiger partial charge in [-0.1, -0.05) is 11.8 Å². The third kappa shape index (κ3) is 4.03. The van der Waals surface area contributed by atoms with Crippen LogP contribution in [0.2, 0.25) is 0 Å². The number of carbonyl (C=O) groups is 2. The zero-order chi connectivity index (χ0) is 14.4. The summed E-state index contributed by atoms with van der Waals surface area (Å²) in [6.07, 6.45) is -0.0520. The largest absolute Gasteiger partial charge is 0.478 e. The average molecular weight is 261 g/mol. The van der Waals surface area contributed by atoms with Crippen molar-refractivity contribution in [2.45, 2.75) is 20.3 Å². The molecule has 1 aromatic carbocycles. The number of ether oxygens (including phenoxy) is 1. The SMILES string of the molecule is CCOC(=O)CC#Cc1cc(C)cc(C(=O)O)c1N. The minimum absolute atomic E-state index is 0.0143. The van der Waals surface area contributed by atoms with E-state index in [2.05, 4.69) is 11.8 Å². The highest BCUT2D eigenvalue weighted by Gasteiger charge is 2.11. The lowest BCUT2D eigenvalue weighted by Crippen LogP contribution is -2.05. The molecule has 0 radical (unpaired) electrons. The average Bonchev–Trinajstić information content (AvgIpc) is 2.33. The molecule has 5 nitrogen and oxygen atoms in total. The summed E-state index contributed by atoms with van der Waals surface area (Å²) in [7, 11) is 0. The Morgan fingerprint density at radius 2 is 2.11 bits per heavy atom. The molecule has 1 aromatic rings. The monoisotopic (exact) mass is 261 g/mol. The van der Waals surface area contributed by atoms with Crippen LogP contribution < -0.4 is 5.73 Å². The zero-order valence-electron chi connectivity index (χ0n) is 10.8. The number of hydrogen-bond acceptors (Lipinski definition) is 4. The predicted molar refractivity (Wildman–Crippen MR) is 70.7 cm³/mol. The summed E-state index contributed by atoms with van der Waals surface area (Å²) in [4.78, 5) is 22.1. The Morgan fingerprint density at radius 1 is 1.42 bits per heavy atom. The Hall–Kier alpha value is -2.48. The predicted octanol–water partition coefficient (Wildman–Crippen LogP) is 1.58. The third-order valence-corrected chi connectivity index (χ3v) is 2.32. The number of hydrogen-bond donors (Lipinski definition) is 2. The first kappa shape index (κ1) is 14.6. The molecule has 0 fully saturated rings. The molecule has 0 saturated heterocycles. The maximum atomic E-state index is 11.1. The lowest BCUT2D eigenvalue weighted by Gasteiger charge is -2.05. The Morgan fingerprint density at radius 3 is 2.68 bits per heavy atom. The number of nitrogens with two attached hydrogens (primary N) is 1. The molecule has 0 aromatic heterocycles. The number of aromatic carboxylic acids is 1. The fourth-order valence-corrected chi connectivity index (χ4v) is 1.50.